The van der Waals surface area contributed by atoms with Crippen molar-refractivity contribution in [3.63, 3.8) is 0 Å². The van der Waals surface area contributed by atoms with Crippen LogP contribution in [0.4, 0.5) is 4.39 Å². The number of nitrogens with one attached hydrogen (secondary N) is 1. The maximum Gasteiger partial charge on any atom is 0.124 e. The van der Waals surface area contributed by atoms with E-state index in [4.69, 9.17) is 15.9 Å². The number of amidine groups is 1. The Morgan fingerprint density at radius 1 is 1.56 bits per heavy atom. The lowest BCUT2D eigenvalue weighted by atomic mass is 10.2. The van der Waals surface area contributed by atoms with Gasteiger partial charge in [-0.2, -0.15) is 0 Å². The predicted molar refractivity (Wildman–Crippen MR) is 64.6 cm³/mol. The first-order valence-corrected chi connectivity index (χ1v) is 5.89. The van der Waals surface area contributed by atoms with Crippen LogP contribution in [0, 0.1) is 11.2 Å². The number of nitrogens with two attached hydrogens (primary N) is 1. The zero-order valence-electron chi connectivity index (χ0n) is 9.13. The highest BCUT2D eigenvalue weighted by molar-refractivity contribution is 7.99. The highest BCUT2D eigenvalue weighted by Gasteiger charge is 2.07. The fourth-order valence-electron chi connectivity index (χ4n) is 1.22. The third-order valence-electron chi connectivity index (χ3n) is 1.98. The lowest BCUT2D eigenvalue weighted by Gasteiger charge is -2.07. The molecule has 0 fully saturated rings. The van der Waals surface area contributed by atoms with Crippen molar-refractivity contribution < 1.29 is 9.13 Å². The third kappa shape index (κ3) is 3.83. The summed E-state index contributed by atoms with van der Waals surface area (Å²) in [6.07, 6.45) is 0.913. The van der Waals surface area contributed by atoms with Gasteiger partial charge in [-0.1, -0.05) is 0 Å². The van der Waals surface area contributed by atoms with Gasteiger partial charge in [0.15, 0.2) is 0 Å². The first-order valence-electron chi connectivity index (χ1n) is 4.91. The number of thioether (sulfide) groups is 1. The summed E-state index contributed by atoms with van der Waals surface area (Å²) in [5, 5.41) is 7.36. The van der Waals surface area contributed by atoms with E-state index in [0.29, 0.717) is 12.2 Å². The molecule has 0 atom stereocenters. The summed E-state index contributed by atoms with van der Waals surface area (Å²) in [7, 11) is 1.66. The van der Waals surface area contributed by atoms with E-state index in [0.717, 1.165) is 17.1 Å². The van der Waals surface area contributed by atoms with Crippen molar-refractivity contribution in [2.75, 3.05) is 19.5 Å². The summed E-state index contributed by atoms with van der Waals surface area (Å²) in [6, 6.07) is 4.33. The van der Waals surface area contributed by atoms with Crippen LogP contribution < -0.4 is 5.73 Å². The summed E-state index contributed by atoms with van der Waals surface area (Å²) < 4.78 is 17.9. The summed E-state index contributed by atoms with van der Waals surface area (Å²) in [5.74, 6) is 0.389. The average molecular weight is 242 g/mol. The molecule has 0 radical (unpaired) electrons. The molecule has 0 aliphatic rings. The molecule has 16 heavy (non-hydrogen) atoms. The van der Waals surface area contributed by atoms with Crippen molar-refractivity contribution in [2.45, 2.75) is 11.3 Å². The monoisotopic (exact) mass is 242 g/mol. The summed E-state index contributed by atoms with van der Waals surface area (Å²) >= 11 is 1.56. The Labute approximate surface area is 98.7 Å². The van der Waals surface area contributed by atoms with Crippen LogP contribution >= 0.6 is 11.8 Å². The predicted octanol–water partition coefficient (Wildman–Crippen LogP) is 2.24. The van der Waals surface area contributed by atoms with E-state index in [2.05, 4.69) is 0 Å². The fourth-order valence-corrected chi connectivity index (χ4v) is 2.19. The van der Waals surface area contributed by atoms with E-state index < -0.39 is 0 Å². The molecular weight excluding hydrogens is 227 g/mol. The number of hydrogen-bond donors (Lipinski definition) is 2. The Balaban J connectivity index is 2.67. The van der Waals surface area contributed by atoms with Gasteiger partial charge in [-0.05, 0) is 24.6 Å². The molecule has 0 saturated carbocycles. The Hall–Kier alpha value is -1.07. The van der Waals surface area contributed by atoms with Crippen LogP contribution in [0.2, 0.25) is 0 Å². The van der Waals surface area contributed by atoms with Crippen LogP contribution in [-0.4, -0.2) is 25.3 Å². The molecule has 0 spiro atoms. The van der Waals surface area contributed by atoms with Gasteiger partial charge in [0.1, 0.15) is 11.7 Å². The van der Waals surface area contributed by atoms with Gasteiger partial charge in [0.05, 0.1) is 0 Å². The fraction of sp³-hybridized carbons (Fsp3) is 0.364. The lowest BCUT2D eigenvalue weighted by Crippen LogP contribution is -2.12. The smallest absolute Gasteiger partial charge is 0.124 e. The van der Waals surface area contributed by atoms with Gasteiger partial charge in [-0.15, -0.1) is 11.8 Å². The number of hydrogen-bond acceptors (Lipinski definition) is 3. The second kappa shape index (κ2) is 6.50. The molecule has 5 heteroatoms. The number of ether oxygens (including phenoxy) is 1. The molecule has 0 aromatic heterocycles. The third-order valence-corrected chi connectivity index (χ3v) is 3.14. The maximum absolute atomic E-state index is 13.0. The maximum atomic E-state index is 13.0. The molecule has 1 aromatic rings. The SMILES string of the molecule is COCCCSc1ccc(F)cc1C(=N)N. The van der Waals surface area contributed by atoms with Gasteiger partial charge in [0, 0.05) is 29.9 Å². The molecule has 0 amide bonds. The number of nitrogen functional groups attached to an aromatic ring is 1. The number of halogens is 1. The minimum absolute atomic E-state index is 0.103. The Bertz CT molecular complexity index is 371. The van der Waals surface area contributed by atoms with E-state index >= 15 is 0 Å². The number of benzene rings is 1. The van der Waals surface area contributed by atoms with Crippen molar-refractivity contribution in [1.82, 2.24) is 0 Å². The number of rotatable bonds is 6. The van der Waals surface area contributed by atoms with E-state index in [-0.39, 0.29) is 11.7 Å². The first kappa shape index (κ1) is 13.0. The van der Waals surface area contributed by atoms with Gasteiger partial charge in [-0.25, -0.2) is 4.39 Å². The van der Waals surface area contributed by atoms with Crippen LogP contribution in [0.3, 0.4) is 0 Å². The standard InChI is InChI=1S/C11H15FN2OS/c1-15-5-2-6-16-10-4-3-8(12)7-9(10)11(13)14/h3-4,7H,2,5-6H2,1H3,(H3,13,14). The van der Waals surface area contributed by atoms with Crippen molar-refractivity contribution in [2.24, 2.45) is 5.73 Å². The molecule has 0 aliphatic carbocycles. The number of methoxy groups -OCH3 is 1. The van der Waals surface area contributed by atoms with Crippen LogP contribution in [0.15, 0.2) is 23.1 Å². The van der Waals surface area contributed by atoms with Crippen LogP contribution in [0.5, 0.6) is 0 Å². The molecule has 3 N–H and O–H groups in total. The molecule has 1 aromatic carbocycles. The van der Waals surface area contributed by atoms with E-state index in [9.17, 15) is 4.39 Å². The van der Waals surface area contributed by atoms with E-state index in [1.54, 1.807) is 24.9 Å². The van der Waals surface area contributed by atoms with Crippen molar-refractivity contribution in [3.8, 4) is 0 Å². The zero-order valence-corrected chi connectivity index (χ0v) is 9.94. The van der Waals surface area contributed by atoms with Crippen molar-refractivity contribution in [1.29, 1.82) is 5.41 Å². The minimum atomic E-state index is -0.369. The second-order valence-corrected chi connectivity index (χ2v) is 4.39. The first-order chi connectivity index (χ1) is 7.65. The molecule has 0 bridgehead atoms. The molecule has 0 unspecified atom stereocenters. The van der Waals surface area contributed by atoms with Crippen LogP contribution in [0.1, 0.15) is 12.0 Å². The highest BCUT2D eigenvalue weighted by Crippen LogP contribution is 2.23. The molecule has 0 saturated heterocycles. The molecule has 0 heterocycles. The highest BCUT2D eigenvalue weighted by atomic mass is 32.2. The molecular formula is C11H15FN2OS. The van der Waals surface area contributed by atoms with E-state index in [1.807, 2.05) is 0 Å². The van der Waals surface area contributed by atoms with Gasteiger partial charge in [0.25, 0.3) is 0 Å². The quantitative estimate of drug-likeness (QED) is 0.348. The minimum Gasteiger partial charge on any atom is -0.385 e. The second-order valence-electron chi connectivity index (χ2n) is 3.25. The Kier molecular flexibility index (Phi) is 5.28. The molecule has 0 aliphatic heterocycles. The lowest BCUT2D eigenvalue weighted by molar-refractivity contribution is 0.200. The van der Waals surface area contributed by atoms with Gasteiger partial charge < -0.3 is 10.5 Å². The zero-order chi connectivity index (χ0) is 12.0. The van der Waals surface area contributed by atoms with Gasteiger partial charge in [-0.3, -0.25) is 5.41 Å². The molecule has 88 valence electrons. The van der Waals surface area contributed by atoms with Crippen LogP contribution in [0.25, 0.3) is 0 Å². The van der Waals surface area contributed by atoms with Gasteiger partial charge in [0.2, 0.25) is 0 Å². The summed E-state index contributed by atoms with van der Waals surface area (Å²) in [6.45, 7) is 0.698. The average Bonchev–Trinajstić information content (AvgIpc) is 2.26. The topological polar surface area (TPSA) is 59.1 Å². The summed E-state index contributed by atoms with van der Waals surface area (Å²) in [5.41, 5.74) is 5.85. The summed E-state index contributed by atoms with van der Waals surface area (Å²) in [4.78, 5) is 0.838. The van der Waals surface area contributed by atoms with Gasteiger partial charge >= 0.3 is 0 Å². The largest absolute Gasteiger partial charge is 0.385 e. The van der Waals surface area contributed by atoms with E-state index in [1.165, 1.54) is 12.1 Å². The molecule has 3 nitrogen and oxygen atoms in total. The van der Waals surface area contributed by atoms with Crippen molar-refractivity contribution >= 4 is 17.6 Å². The Morgan fingerprint density at radius 3 is 2.94 bits per heavy atom. The normalized spacial score (nSPS) is 10.4. The van der Waals surface area contributed by atoms with Crippen LogP contribution in [-0.2, 0) is 4.74 Å². The molecule has 1 rings (SSSR count). The van der Waals surface area contributed by atoms with Crippen molar-refractivity contribution in [3.05, 3.63) is 29.6 Å². The Morgan fingerprint density at radius 2 is 2.31 bits per heavy atom.